The fraction of sp³-hybridized carbons (Fsp3) is 0.733. The number of hydrogen-bond donors (Lipinski definition) is 0. The Labute approximate surface area is 233 Å². The topological polar surface area (TPSA) is 86.8 Å². The third-order valence-electron chi connectivity index (χ3n) is 8.12. The number of carbonyl (C=O) groups excluding carboxylic acids is 2. The SMILES string of the molecule is COc1cc2cc(c1OC)OCCCC(OC(=O)C1CC(C)(C)C1)CCN1CCCN(CCCOC2=O)CC1. The van der Waals surface area contributed by atoms with Crippen LogP contribution in [-0.2, 0) is 14.3 Å². The Kier molecular flexibility index (Phi) is 10.4. The minimum atomic E-state index is -0.410. The lowest BCUT2D eigenvalue weighted by Crippen LogP contribution is -2.39. The van der Waals surface area contributed by atoms with Crippen LogP contribution in [0.2, 0.25) is 0 Å². The lowest BCUT2D eigenvalue weighted by molar-refractivity contribution is -0.162. The Morgan fingerprint density at radius 2 is 1.56 bits per heavy atom. The van der Waals surface area contributed by atoms with Crippen molar-refractivity contribution in [2.45, 2.75) is 64.9 Å². The number of methoxy groups -OCH3 is 2. The van der Waals surface area contributed by atoms with Crippen molar-refractivity contribution in [3.63, 3.8) is 0 Å². The molecule has 218 valence electrons. The number of carbonyl (C=O) groups is 2. The predicted octanol–water partition coefficient (Wildman–Crippen LogP) is 4.17. The summed E-state index contributed by atoms with van der Waals surface area (Å²) in [4.78, 5) is 30.7. The van der Waals surface area contributed by atoms with E-state index in [4.69, 9.17) is 23.7 Å². The number of nitrogens with zero attached hydrogens (tertiary/aromatic N) is 2. The van der Waals surface area contributed by atoms with Crippen LogP contribution in [0.3, 0.4) is 0 Å². The minimum Gasteiger partial charge on any atom is -0.493 e. The van der Waals surface area contributed by atoms with Crippen LogP contribution in [0.25, 0.3) is 0 Å². The third-order valence-corrected chi connectivity index (χ3v) is 8.12. The first-order chi connectivity index (χ1) is 18.8. The van der Waals surface area contributed by atoms with Gasteiger partial charge in [-0.05, 0) is 75.6 Å². The molecule has 2 heterocycles. The molecular formula is C30H46N2O7. The number of benzene rings is 1. The summed E-state index contributed by atoms with van der Waals surface area (Å²) in [5.41, 5.74) is 0.592. The Bertz CT molecular complexity index is 974. The summed E-state index contributed by atoms with van der Waals surface area (Å²) < 4.78 is 28.7. The van der Waals surface area contributed by atoms with Crippen LogP contribution >= 0.6 is 0 Å². The number of esters is 2. The van der Waals surface area contributed by atoms with E-state index in [1.54, 1.807) is 19.2 Å². The van der Waals surface area contributed by atoms with Gasteiger partial charge >= 0.3 is 11.9 Å². The van der Waals surface area contributed by atoms with Crippen molar-refractivity contribution in [1.82, 2.24) is 9.80 Å². The van der Waals surface area contributed by atoms with Crippen LogP contribution < -0.4 is 14.2 Å². The fourth-order valence-electron chi connectivity index (χ4n) is 5.95. The summed E-state index contributed by atoms with van der Waals surface area (Å²) >= 11 is 0. The second-order valence-corrected chi connectivity index (χ2v) is 11.8. The van der Waals surface area contributed by atoms with Gasteiger partial charge in [-0.15, -0.1) is 0 Å². The summed E-state index contributed by atoms with van der Waals surface area (Å²) in [6.45, 7) is 11.0. The third kappa shape index (κ3) is 8.24. The first-order valence-corrected chi connectivity index (χ1v) is 14.5. The van der Waals surface area contributed by atoms with Gasteiger partial charge in [0.05, 0.1) is 38.9 Å². The van der Waals surface area contributed by atoms with E-state index in [0.29, 0.717) is 48.9 Å². The summed E-state index contributed by atoms with van der Waals surface area (Å²) in [5.74, 6) is 0.823. The molecule has 4 rings (SSSR count). The van der Waals surface area contributed by atoms with Crippen LogP contribution in [0.5, 0.6) is 17.2 Å². The van der Waals surface area contributed by atoms with Crippen molar-refractivity contribution in [2.24, 2.45) is 11.3 Å². The van der Waals surface area contributed by atoms with Gasteiger partial charge in [-0.3, -0.25) is 4.79 Å². The summed E-state index contributed by atoms with van der Waals surface area (Å²) in [7, 11) is 3.07. The average Bonchev–Trinajstić information content (AvgIpc) is 3.14. The van der Waals surface area contributed by atoms with E-state index in [2.05, 4.69) is 23.6 Å². The van der Waals surface area contributed by atoms with Gasteiger partial charge in [0.2, 0.25) is 5.75 Å². The average molecular weight is 547 g/mol. The highest BCUT2D eigenvalue weighted by Crippen LogP contribution is 2.45. The Morgan fingerprint density at radius 3 is 2.26 bits per heavy atom. The number of cyclic esters (lactones) is 1. The van der Waals surface area contributed by atoms with Crippen LogP contribution in [-0.4, -0.2) is 94.5 Å². The zero-order valence-electron chi connectivity index (χ0n) is 24.2. The molecule has 0 N–H and O–H groups in total. The van der Waals surface area contributed by atoms with Gasteiger partial charge in [0.1, 0.15) is 6.10 Å². The molecule has 2 aliphatic heterocycles. The molecule has 3 aliphatic rings. The summed E-state index contributed by atoms with van der Waals surface area (Å²) in [5, 5.41) is 0. The van der Waals surface area contributed by atoms with Crippen LogP contribution in [0.4, 0.5) is 0 Å². The van der Waals surface area contributed by atoms with Crippen molar-refractivity contribution in [3.8, 4) is 17.2 Å². The zero-order chi connectivity index (χ0) is 27.8. The van der Waals surface area contributed by atoms with Crippen molar-refractivity contribution in [2.75, 3.05) is 66.7 Å². The van der Waals surface area contributed by atoms with Gasteiger partial charge in [-0.25, -0.2) is 4.79 Å². The first-order valence-electron chi connectivity index (χ1n) is 14.5. The van der Waals surface area contributed by atoms with E-state index in [1.165, 1.54) is 7.11 Å². The molecule has 1 aliphatic carbocycles. The van der Waals surface area contributed by atoms with E-state index in [0.717, 1.165) is 71.4 Å². The Morgan fingerprint density at radius 1 is 0.872 bits per heavy atom. The highest BCUT2D eigenvalue weighted by atomic mass is 16.5. The van der Waals surface area contributed by atoms with E-state index in [-0.39, 0.29) is 23.4 Å². The zero-order valence-corrected chi connectivity index (χ0v) is 24.2. The van der Waals surface area contributed by atoms with E-state index < -0.39 is 5.97 Å². The van der Waals surface area contributed by atoms with Crippen LogP contribution in [0, 0.1) is 11.3 Å². The molecule has 0 radical (unpaired) electrons. The van der Waals surface area contributed by atoms with Gasteiger partial charge in [0.25, 0.3) is 0 Å². The van der Waals surface area contributed by atoms with E-state index >= 15 is 0 Å². The number of fused-ring (bicyclic) bond motifs is 5. The number of ether oxygens (including phenoxy) is 5. The molecule has 0 spiro atoms. The Hall–Kier alpha value is -2.52. The molecule has 1 aromatic rings. The van der Waals surface area contributed by atoms with Gasteiger partial charge < -0.3 is 33.5 Å². The van der Waals surface area contributed by atoms with Crippen molar-refractivity contribution >= 4 is 11.9 Å². The quantitative estimate of drug-likeness (QED) is 0.517. The van der Waals surface area contributed by atoms with E-state index in [1.807, 2.05) is 0 Å². The number of rotatable bonds is 4. The molecule has 3 atom stereocenters. The molecule has 9 nitrogen and oxygen atoms in total. The fourth-order valence-corrected chi connectivity index (χ4v) is 5.95. The molecule has 39 heavy (non-hydrogen) atoms. The van der Waals surface area contributed by atoms with Gasteiger partial charge in [-0.2, -0.15) is 0 Å². The Balaban J connectivity index is 1.47. The van der Waals surface area contributed by atoms with Gasteiger partial charge in [0.15, 0.2) is 11.5 Å². The second-order valence-electron chi connectivity index (χ2n) is 11.8. The molecule has 0 aromatic heterocycles. The summed E-state index contributed by atoms with van der Waals surface area (Å²) in [6, 6.07) is 3.27. The molecule has 0 amide bonds. The lowest BCUT2D eigenvalue weighted by atomic mass is 9.64. The van der Waals surface area contributed by atoms with Crippen LogP contribution in [0.15, 0.2) is 12.1 Å². The first kappa shape index (κ1) is 29.5. The highest BCUT2D eigenvalue weighted by Gasteiger charge is 2.41. The number of hydrogen-bond acceptors (Lipinski definition) is 9. The second kappa shape index (κ2) is 13.7. The molecule has 1 saturated carbocycles. The molecular weight excluding hydrogens is 500 g/mol. The highest BCUT2D eigenvalue weighted by molar-refractivity contribution is 5.91. The maximum absolute atomic E-state index is 12.9. The predicted molar refractivity (Wildman–Crippen MR) is 148 cm³/mol. The normalized spacial score (nSPS) is 26.9. The smallest absolute Gasteiger partial charge is 0.338 e. The largest absolute Gasteiger partial charge is 0.493 e. The monoisotopic (exact) mass is 546 g/mol. The van der Waals surface area contributed by atoms with Crippen molar-refractivity contribution in [3.05, 3.63) is 17.7 Å². The van der Waals surface area contributed by atoms with Crippen molar-refractivity contribution in [1.29, 1.82) is 0 Å². The van der Waals surface area contributed by atoms with Gasteiger partial charge in [0, 0.05) is 26.2 Å². The molecule has 2 fully saturated rings. The summed E-state index contributed by atoms with van der Waals surface area (Å²) in [6.07, 6.45) is 5.74. The molecule has 3 unspecified atom stereocenters. The standard InChI is InChI=1S/C30H46N2O7/c1-30(2)20-23(21-30)29(34)39-24-8-5-16-37-26-19-22(18-25(35-3)27(26)36-4)28(33)38-17-7-12-31-10-6-11-32(13-9-24)15-14-31/h18-19,23-24H,5-17,20-21H2,1-4H3. The molecule has 1 aromatic carbocycles. The van der Waals surface area contributed by atoms with E-state index in [9.17, 15) is 9.59 Å². The molecule has 1 saturated heterocycles. The van der Waals surface area contributed by atoms with Gasteiger partial charge in [-0.1, -0.05) is 13.8 Å². The molecule has 4 bridgehead atoms. The van der Waals surface area contributed by atoms with Crippen molar-refractivity contribution < 1.29 is 33.3 Å². The maximum atomic E-state index is 12.9. The minimum absolute atomic E-state index is 0.0131. The molecule has 9 heteroatoms. The van der Waals surface area contributed by atoms with Crippen LogP contribution in [0.1, 0.15) is 69.2 Å². The lowest BCUT2D eigenvalue weighted by Gasteiger charge is -2.41. The maximum Gasteiger partial charge on any atom is 0.338 e.